The summed E-state index contributed by atoms with van der Waals surface area (Å²) >= 11 is 9.80. The van der Waals surface area contributed by atoms with Gasteiger partial charge in [-0.3, -0.25) is 0 Å². The Hall–Kier alpha value is -0.853. The first-order chi connectivity index (χ1) is 14.0. The average molecular weight is 514 g/mol. The van der Waals surface area contributed by atoms with Crippen molar-refractivity contribution in [2.45, 2.75) is 70.9 Å². The molecule has 2 aromatic rings. The lowest BCUT2D eigenvalue weighted by atomic mass is 9.98. The third-order valence-electron chi connectivity index (χ3n) is 6.04. The molecule has 0 aromatic heterocycles. The quantitative estimate of drug-likeness (QED) is 0.346. The molecule has 1 N–H and O–H groups in total. The van der Waals surface area contributed by atoms with E-state index < -0.39 is 14.4 Å². The highest BCUT2D eigenvalue weighted by atomic mass is 79.9. The highest BCUT2D eigenvalue weighted by Gasteiger charge is 2.45. The Bertz CT molecular complexity index is 833. The van der Waals surface area contributed by atoms with Crippen LogP contribution in [0.3, 0.4) is 0 Å². The Balaban J connectivity index is 2.38. The number of hydrogen-bond acceptors (Lipinski definition) is 3. The highest BCUT2D eigenvalue weighted by Crippen LogP contribution is 2.43. The zero-order chi connectivity index (χ0) is 22.6. The van der Waals surface area contributed by atoms with Crippen LogP contribution in [0.4, 0.5) is 0 Å². The van der Waals surface area contributed by atoms with Crippen LogP contribution < -0.4 is 4.74 Å². The lowest BCUT2D eigenvalue weighted by molar-refractivity contribution is 0.214. The third kappa shape index (κ3) is 5.31. The summed E-state index contributed by atoms with van der Waals surface area (Å²) in [5.74, 6) is 0.630. The largest absolute Gasteiger partial charge is 0.496 e. The Morgan fingerprint density at radius 2 is 1.53 bits per heavy atom. The second-order valence-corrected chi connectivity index (χ2v) is 15.5. The van der Waals surface area contributed by atoms with Crippen LogP contribution in [-0.2, 0) is 11.0 Å². The molecule has 2 aromatic carbocycles. The van der Waals surface area contributed by atoms with Gasteiger partial charge in [0.05, 0.1) is 13.7 Å². The van der Waals surface area contributed by atoms with Crippen LogP contribution in [0.5, 0.6) is 5.75 Å². The SMILES string of the molecule is COc1ccc(CO[Si](C(C)C)(C(C)C)C(C)C)cc1C(O)c1ccc(Br)cc1Cl. The number of aliphatic hydroxyl groups is 1. The van der Waals surface area contributed by atoms with Crippen LogP contribution in [0.15, 0.2) is 40.9 Å². The molecule has 0 radical (unpaired) electrons. The van der Waals surface area contributed by atoms with E-state index in [1.54, 1.807) is 13.2 Å². The Morgan fingerprint density at radius 3 is 2.03 bits per heavy atom. The minimum Gasteiger partial charge on any atom is -0.496 e. The molecule has 0 fully saturated rings. The molecule has 0 aliphatic carbocycles. The molecule has 0 amide bonds. The summed E-state index contributed by atoms with van der Waals surface area (Å²) in [7, 11) is -0.366. The van der Waals surface area contributed by atoms with Crippen molar-refractivity contribution in [1.29, 1.82) is 0 Å². The van der Waals surface area contributed by atoms with Crippen LogP contribution in [0.2, 0.25) is 21.6 Å². The van der Waals surface area contributed by atoms with Crippen molar-refractivity contribution in [3.05, 3.63) is 62.6 Å². The van der Waals surface area contributed by atoms with Crippen molar-refractivity contribution in [3.8, 4) is 5.75 Å². The molecule has 30 heavy (non-hydrogen) atoms. The van der Waals surface area contributed by atoms with Gasteiger partial charge in [-0.15, -0.1) is 0 Å². The minimum absolute atomic E-state index is 0.506. The molecule has 0 spiro atoms. The number of rotatable bonds is 9. The molecular formula is C24H34BrClO3Si. The zero-order valence-corrected chi connectivity index (χ0v) is 22.3. The van der Waals surface area contributed by atoms with E-state index in [0.717, 1.165) is 10.0 Å². The molecular weight excluding hydrogens is 480 g/mol. The van der Waals surface area contributed by atoms with Gasteiger partial charge < -0.3 is 14.3 Å². The van der Waals surface area contributed by atoms with E-state index in [-0.39, 0.29) is 0 Å². The van der Waals surface area contributed by atoms with Crippen LogP contribution in [0.25, 0.3) is 0 Å². The Labute approximate surface area is 196 Å². The zero-order valence-electron chi connectivity index (χ0n) is 19.0. The van der Waals surface area contributed by atoms with E-state index in [9.17, 15) is 5.11 Å². The first kappa shape index (κ1) is 25.4. The topological polar surface area (TPSA) is 38.7 Å². The first-order valence-electron chi connectivity index (χ1n) is 10.5. The summed E-state index contributed by atoms with van der Waals surface area (Å²) < 4.78 is 13.1. The molecule has 6 heteroatoms. The number of benzene rings is 2. The lowest BCUT2D eigenvalue weighted by Gasteiger charge is -2.42. The third-order valence-corrected chi connectivity index (χ3v) is 12.9. The van der Waals surface area contributed by atoms with Crippen LogP contribution in [0, 0.1) is 0 Å². The van der Waals surface area contributed by atoms with Crippen LogP contribution in [-0.4, -0.2) is 20.5 Å². The van der Waals surface area contributed by atoms with Crippen molar-refractivity contribution in [2.75, 3.05) is 7.11 Å². The fourth-order valence-corrected chi connectivity index (χ4v) is 10.9. The van der Waals surface area contributed by atoms with Crippen molar-refractivity contribution in [3.63, 3.8) is 0 Å². The van der Waals surface area contributed by atoms with Gasteiger partial charge in [0.2, 0.25) is 8.32 Å². The normalized spacial score (nSPS) is 13.4. The van der Waals surface area contributed by atoms with Crippen LogP contribution >= 0.6 is 27.5 Å². The van der Waals surface area contributed by atoms with E-state index in [1.807, 2.05) is 30.3 Å². The first-order valence-corrected chi connectivity index (χ1v) is 13.8. The van der Waals surface area contributed by atoms with Gasteiger partial charge >= 0.3 is 0 Å². The van der Waals surface area contributed by atoms with Gasteiger partial charge in [-0.2, -0.15) is 0 Å². The standard InChI is InChI=1S/C24H34BrClO3Si/c1-15(2)30(16(3)4,17(5)6)29-14-18-8-11-23(28-7)21(12-18)24(27)20-10-9-19(25)13-22(20)26/h8-13,15-17,24,27H,14H2,1-7H3. The lowest BCUT2D eigenvalue weighted by Crippen LogP contribution is -2.47. The fourth-order valence-electron chi connectivity index (χ4n) is 4.69. The molecule has 1 atom stereocenters. The summed E-state index contributed by atoms with van der Waals surface area (Å²) in [6, 6.07) is 11.4. The smallest absolute Gasteiger partial charge is 0.200 e. The molecule has 2 rings (SSSR count). The molecule has 0 aliphatic rings. The van der Waals surface area contributed by atoms with Gasteiger partial charge in [-0.25, -0.2) is 0 Å². The summed E-state index contributed by atoms with van der Waals surface area (Å²) in [6.07, 6.45) is -0.886. The molecule has 0 aliphatic heterocycles. The van der Waals surface area contributed by atoms with Gasteiger partial charge in [-0.1, -0.05) is 81.2 Å². The molecule has 3 nitrogen and oxygen atoms in total. The van der Waals surface area contributed by atoms with E-state index in [1.165, 1.54) is 0 Å². The predicted octanol–water partition coefficient (Wildman–Crippen LogP) is 7.88. The Kier molecular flexibility index (Phi) is 9.01. The molecule has 0 saturated carbocycles. The molecule has 0 heterocycles. The summed E-state index contributed by atoms with van der Waals surface area (Å²) in [6.45, 7) is 14.2. The molecule has 0 saturated heterocycles. The molecule has 0 bridgehead atoms. The van der Waals surface area contributed by atoms with Crippen molar-refractivity contribution in [2.24, 2.45) is 0 Å². The Morgan fingerprint density at radius 1 is 0.933 bits per heavy atom. The second-order valence-electron chi connectivity index (χ2n) is 8.75. The molecule has 166 valence electrons. The van der Waals surface area contributed by atoms with Gasteiger partial charge in [-0.05, 0) is 46.5 Å². The maximum absolute atomic E-state index is 11.1. The van der Waals surface area contributed by atoms with Crippen molar-refractivity contribution < 1.29 is 14.3 Å². The van der Waals surface area contributed by atoms with E-state index in [4.69, 9.17) is 20.8 Å². The maximum Gasteiger partial charge on any atom is 0.200 e. The van der Waals surface area contributed by atoms with Gasteiger partial charge in [0.1, 0.15) is 11.9 Å². The fraction of sp³-hybridized carbons (Fsp3) is 0.500. The number of methoxy groups -OCH3 is 1. The summed E-state index contributed by atoms with van der Waals surface area (Å²) in [5, 5.41) is 11.6. The number of hydrogen-bond donors (Lipinski definition) is 1. The molecule has 1 unspecified atom stereocenters. The number of halogens is 2. The summed E-state index contributed by atoms with van der Waals surface area (Å²) in [5.41, 5.74) is 3.91. The van der Waals surface area contributed by atoms with Gasteiger partial charge in [0.15, 0.2) is 0 Å². The van der Waals surface area contributed by atoms with Gasteiger partial charge in [0, 0.05) is 20.6 Å². The maximum atomic E-state index is 11.1. The minimum atomic E-state index is -1.98. The predicted molar refractivity (Wildman–Crippen MR) is 132 cm³/mol. The van der Waals surface area contributed by atoms with E-state index in [0.29, 0.717) is 45.1 Å². The number of aliphatic hydroxyl groups excluding tert-OH is 1. The van der Waals surface area contributed by atoms with Crippen LogP contribution in [0.1, 0.15) is 64.3 Å². The number of ether oxygens (including phenoxy) is 1. The average Bonchev–Trinajstić information content (AvgIpc) is 2.67. The summed E-state index contributed by atoms with van der Waals surface area (Å²) in [4.78, 5) is 0. The van der Waals surface area contributed by atoms with Crippen molar-refractivity contribution >= 4 is 35.8 Å². The highest BCUT2D eigenvalue weighted by molar-refractivity contribution is 9.10. The van der Waals surface area contributed by atoms with Gasteiger partial charge in [0.25, 0.3) is 0 Å². The van der Waals surface area contributed by atoms with E-state index in [2.05, 4.69) is 57.5 Å². The monoisotopic (exact) mass is 512 g/mol. The van der Waals surface area contributed by atoms with Crippen molar-refractivity contribution in [1.82, 2.24) is 0 Å². The van der Waals surface area contributed by atoms with E-state index >= 15 is 0 Å². The second kappa shape index (κ2) is 10.6.